The van der Waals surface area contributed by atoms with Gasteiger partial charge < -0.3 is 4.90 Å². The zero-order valence-corrected chi connectivity index (χ0v) is 7.45. The van der Waals surface area contributed by atoms with Gasteiger partial charge >= 0.3 is 0 Å². The quantitative estimate of drug-likeness (QED) is 0.590. The molecule has 0 aromatic rings. The molecule has 2 fully saturated rings. The van der Waals surface area contributed by atoms with Crippen LogP contribution >= 0.6 is 0 Å². The van der Waals surface area contributed by atoms with Gasteiger partial charge in [0.15, 0.2) is 0 Å². The second kappa shape index (κ2) is 2.41. The van der Waals surface area contributed by atoms with Crippen LogP contribution in [0.4, 0.5) is 8.78 Å². The van der Waals surface area contributed by atoms with Crippen LogP contribution in [0.25, 0.3) is 0 Å². The van der Waals surface area contributed by atoms with Gasteiger partial charge in [-0.3, -0.25) is 0 Å². The fraction of sp³-hybridized carbons (Fsp3) is 1.00. The third-order valence-electron chi connectivity index (χ3n) is 3.31. The Bertz CT molecular complexity index is 193. The lowest BCUT2D eigenvalue weighted by molar-refractivity contribution is 0.0262. The molecule has 1 aliphatic heterocycles. The van der Waals surface area contributed by atoms with Gasteiger partial charge in [-0.05, 0) is 25.9 Å². The van der Waals surface area contributed by atoms with E-state index in [1.807, 2.05) is 6.92 Å². The summed E-state index contributed by atoms with van der Waals surface area (Å²) in [6.07, 6.45) is 1.82. The minimum absolute atomic E-state index is 0.135. The highest BCUT2D eigenvalue weighted by Crippen LogP contribution is 2.64. The summed E-state index contributed by atoms with van der Waals surface area (Å²) in [6.45, 7) is 4.59. The van der Waals surface area contributed by atoms with Crippen LogP contribution in [0.2, 0.25) is 0 Å². The molecule has 1 aliphatic carbocycles. The summed E-state index contributed by atoms with van der Waals surface area (Å²) in [4.78, 5) is 2.14. The molecule has 1 atom stereocenters. The highest BCUT2D eigenvalue weighted by Gasteiger charge is 2.71. The standard InChI is InChI=1S/C9H15F2N/c1-2-12-5-3-4-8(7-12)6-9(8,10)11/h2-7H2,1H3/t8-/m0/s1. The number of hydrogen-bond donors (Lipinski definition) is 0. The molecule has 0 amide bonds. The molecule has 0 aromatic heterocycles. The number of nitrogens with zero attached hydrogens (tertiary/aromatic N) is 1. The van der Waals surface area contributed by atoms with Crippen LogP contribution in [-0.2, 0) is 0 Å². The first-order valence-corrected chi connectivity index (χ1v) is 4.70. The van der Waals surface area contributed by atoms with E-state index in [9.17, 15) is 8.78 Å². The minimum Gasteiger partial charge on any atom is -0.303 e. The number of halogens is 2. The molecule has 0 aromatic carbocycles. The third kappa shape index (κ3) is 1.06. The van der Waals surface area contributed by atoms with Gasteiger partial charge in [0, 0.05) is 13.0 Å². The van der Waals surface area contributed by atoms with Gasteiger partial charge in [-0.15, -0.1) is 0 Å². The zero-order valence-electron chi connectivity index (χ0n) is 7.45. The second-order valence-electron chi connectivity index (χ2n) is 4.13. The number of piperidine rings is 1. The molecule has 2 rings (SSSR count). The lowest BCUT2D eigenvalue weighted by atomic mass is 9.94. The molecule has 12 heavy (non-hydrogen) atoms. The summed E-state index contributed by atoms with van der Waals surface area (Å²) in [6, 6.07) is 0. The Morgan fingerprint density at radius 3 is 2.58 bits per heavy atom. The van der Waals surface area contributed by atoms with Crippen LogP contribution in [0.15, 0.2) is 0 Å². The van der Waals surface area contributed by atoms with E-state index in [4.69, 9.17) is 0 Å². The maximum atomic E-state index is 13.0. The van der Waals surface area contributed by atoms with Gasteiger partial charge in [-0.1, -0.05) is 6.92 Å². The smallest absolute Gasteiger partial charge is 0.255 e. The van der Waals surface area contributed by atoms with Crippen LogP contribution in [-0.4, -0.2) is 30.5 Å². The van der Waals surface area contributed by atoms with Crippen LogP contribution in [0.5, 0.6) is 0 Å². The number of likely N-dealkylation sites (tertiary alicyclic amines) is 1. The Labute approximate surface area is 71.7 Å². The molecule has 0 radical (unpaired) electrons. The maximum absolute atomic E-state index is 13.0. The number of rotatable bonds is 1. The highest BCUT2D eigenvalue weighted by atomic mass is 19.3. The van der Waals surface area contributed by atoms with E-state index >= 15 is 0 Å². The van der Waals surface area contributed by atoms with Gasteiger partial charge in [0.1, 0.15) is 0 Å². The largest absolute Gasteiger partial charge is 0.303 e. The van der Waals surface area contributed by atoms with Crippen molar-refractivity contribution in [2.24, 2.45) is 5.41 Å². The van der Waals surface area contributed by atoms with E-state index in [0.29, 0.717) is 6.54 Å². The number of hydrogen-bond acceptors (Lipinski definition) is 1. The van der Waals surface area contributed by atoms with Crippen molar-refractivity contribution in [1.82, 2.24) is 4.90 Å². The molecule has 70 valence electrons. The molecule has 1 heterocycles. The molecule has 1 saturated carbocycles. The third-order valence-corrected chi connectivity index (χ3v) is 3.31. The van der Waals surface area contributed by atoms with E-state index in [2.05, 4.69) is 4.90 Å². The summed E-state index contributed by atoms with van der Waals surface area (Å²) in [5.41, 5.74) is -0.610. The highest BCUT2D eigenvalue weighted by molar-refractivity contribution is 5.12. The van der Waals surface area contributed by atoms with E-state index < -0.39 is 11.3 Å². The molecule has 2 aliphatic rings. The molecule has 1 saturated heterocycles. The normalized spacial score (nSPS) is 40.2. The predicted molar refractivity (Wildman–Crippen MR) is 43.3 cm³/mol. The lowest BCUT2D eigenvalue weighted by Gasteiger charge is -2.31. The first kappa shape index (κ1) is 8.42. The Kier molecular flexibility index (Phi) is 1.69. The van der Waals surface area contributed by atoms with Crippen molar-refractivity contribution in [3.63, 3.8) is 0 Å². The van der Waals surface area contributed by atoms with Crippen molar-refractivity contribution >= 4 is 0 Å². The van der Waals surface area contributed by atoms with Crippen molar-refractivity contribution in [3.05, 3.63) is 0 Å². The Hall–Kier alpha value is -0.180. The molecule has 0 bridgehead atoms. The topological polar surface area (TPSA) is 3.24 Å². The fourth-order valence-electron chi connectivity index (χ4n) is 2.32. The molecule has 1 spiro atoms. The predicted octanol–water partition coefficient (Wildman–Crippen LogP) is 2.13. The van der Waals surface area contributed by atoms with Crippen LogP contribution < -0.4 is 0 Å². The molecular weight excluding hydrogens is 160 g/mol. The van der Waals surface area contributed by atoms with E-state index in [-0.39, 0.29) is 6.42 Å². The van der Waals surface area contributed by atoms with Crippen molar-refractivity contribution in [1.29, 1.82) is 0 Å². The molecular formula is C9H15F2N. The van der Waals surface area contributed by atoms with Gasteiger partial charge in [0.05, 0.1) is 5.41 Å². The van der Waals surface area contributed by atoms with E-state index in [1.54, 1.807) is 0 Å². The summed E-state index contributed by atoms with van der Waals surface area (Å²) in [5, 5.41) is 0. The zero-order chi connectivity index (χ0) is 8.82. The SMILES string of the molecule is CCN1CCC[C@@]2(C1)CC2(F)F. The fourth-order valence-corrected chi connectivity index (χ4v) is 2.32. The average Bonchev–Trinajstić information content (AvgIpc) is 2.52. The van der Waals surface area contributed by atoms with E-state index in [0.717, 1.165) is 25.9 Å². The van der Waals surface area contributed by atoms with Crippen molar-refractivity contribution in [2.45, 2.75) is 32.1 Å². The Morgan fingerprint density at radius 2 is 2.08 bits per heavy atom. The summed E-state index contributed by atoms with van der Waals surface area (Å²) in [7, 11) is 0. The van der Waals surface area contributed by atoms with Crippen molar-refractivity contribution in [3.8, 4) is 0 Å². The van der Waals surface area contributed by atoms with Gasteiger partial charge in [0.25, 0.3) is 5.92 Å². The van der Waals surface area contributed by atoms with Crippen molar-refractivity contribution in [2.75, 3.05) is 19.6 Å². The summed E-state index contributed by atoms with van der Waals surface area (Å²) < 4.78 is 25.9. The summed E-state index contributed by atoms with van der Waals surface area (Å²) in [5.74, 6) is -2.35. The molecule has 0 unspecified atom stereocenters. The Balaban J connectivity index is 2.01. The lowest BCUT2D eigenvalue weighted by Crippen LogP contribution is -2.38. The first-order valence-electron chi connectivity index (χ1n) is 4.70. The maximum Gasteiger partial charge on any atom is 0.255 e. The number of alkyl halides is 2. The van der Waals surface area contributed by atoms with Gasteiger partial charge in [-0.25, -0.2) is 8.78 Å². The van der Waals surface area contributed by atoms with Crippen LogP contribution in [0.1, 0.15) is 26.2 Å². The van der Waals surface area contributed by atoms with Gasteiger partial charge in [0.2, 0.25) is 0 Å². The molecule has 0 N–H and O–H groups in total. The molecule has 3 heteroatoms. The first-order chi connectivity index (χ1) is 5.60. The second-order valence-corrected chi connectivity index (χ2v) is 4.13. The van der Waals surface area contributed by atoms with Crippen LogP contribution in [0, 0.1) is 5.41 Å². The van der Waals surface area contributed by atoms with Crippen molar-refractivity contribution < 1.29 is 8.78 Å². The molecule has 1 nitrogen and oxygen atoms in total. The Morgan fingerprint density at radius 1 is 1.42 bits per heavy atom. The average molecular weight is 175 g/mol. The summed E-state index contributed by atoms with van der Waals surface area (Å²) >= 11 is 0. The monoisotopic (exact) mass is 175 g/mol. The van der Waals surface area contributed by atoms with Crippen LogP contribution in [0.3, 0.4) is 0 Å². The van der Waals surface area contributed by atoms with E-state index in [1.165, 1.54) is 0 Å². The van der Waals surface area contributed by atoms with Gasteiger partial charge in [-0.2, -0.15) is 0 Å². The minimum atomic E-state index is -2.35.